The lowest BCUT2D eigenvalue weighted by Crippen LogP contribution is -2.36. The molecular weight excluding hydrogens is 519 g/mol. The summed E-state index contributed by atoms with van der Waals surface area (Å²) in [6.07, 6.45) is -3.33. The van der Waals surface area contributed by atoms with Gasteiger partial charge in [0.05, 0.1) is 37.8 Å². The van der Waals surface area contributed by atoms with Crippen LogP contribution >= 0.6 is 11.6 Å². The van der Waals surface area contributed by atoms with E-state index in [9.17, 15) is 31.2 Å². The second-order valence-corrected chi connectivity index (χ2v) is 10.5. The molecule has 0 aliphatic carbocycles. The van der Waals surface area contributed by atoms with Gasteiger partial charge in [0.1, 0.15) is 0 Å². The van der Waals surface area contributed by atoms with Gasteiger partial charge < -0.3 is 4.98 Å². The molecule has 0 fully saturated rings. The van der Waals surface area contributed by atoms with Crippen molar-refractivity contribution in [3.8, 4) is 5.69 Å². The lowest BCUT2D eigenvalue weighted by atomic mass is 10.0. The van der Waals surface area contributed by atoms with Crippen LogP contribution in [0, 0.1) is 0 Å². The first-order valence-electron chi connectivity index (χ1n) is 10.8. The zero-order valence-corrected chi connectivity index (χ0v) is 19.9. The summed E-state index contributed by atoms with van der Waals surface area (Å²) in [5, 5.41) is -0.288. The van der Waals surface area contributed by atoms with Gasteiger partial charge in [-0.05, 0) is 60.9 Å². The van der Waals surface area contributed by atoms with Crippen LogP contribution < -0.4 is 15.6 Å². The Morgan fingerprint density at radius 3 is 2.44 bits per heavy atom. The smallest absolute Gasteiger partial charge is 0.306 e. The first kappa shape index (κ1) is 24.1. The van der Waals surface area contributed by atoms with E-state index in [4.69, 9.17) is 11.6 Å². The van der Waals surface area contributed by atoms with E-state index in [2.05, 4.69) is 4.98 Å². The lowest BCUT2D eigenvalue weighted by Gasteiger charge is -2.30. The number of anilines is 1. The van der Waals surface area contributed by atoms with Crippen LogP contribution in [-0.4, -0.2) is 24.5 Å². The SMILES string of the molecule is O=c1[nH]c2cc(C(F)(F)F)ccc2c(=O)n1-c1cc(S(=O)(=O)N2CCCc3ccccc32)ccc1Cl. The molecule has 0 amide bonds. The average molecular weight is 536 g/mol. The normalized spacial score (nSPS) is 14.2. The molecule has 12 heteroatoms. The number of aryl methyl sites for hydroxylation is 1. The molecule has 4 aromatic rings. The van der Waals surface area contributed by atoms with Crippen LogP contribution in [0.5, 0.6) is 0 Å². The molecule has 5 rings (SSSR count). The number of sulfonamides is 1. The minimum Gasteiger partial charge on any atom is -0.306 e. The van der Waals surface area contributed by atoms with Gasteiger partial charge in [-0.2, -0.15) is 13.2 Å². The number of aromatic amines is 1. The number of H-pyrrole nitrogens is 1. The van der Waals surface area contributed by atoms with Crippen molar-refractivity contribution < 1.29 is 21.6 Å². The highest BCUT2D eigenvalue weighted by Gasteiger charge is 2.32. The van der Waals surface area contributed by atoms with Crippen molar-refractivity contribution in [2.75, 3.05) is 10.8 Å². The third kappa shape index (κ3) is 3.97. The van der Waals surface area contributed by atoms with Gasteiger partial charge in [-0.3, -0.25) is 9.10 Å². The molecule has 0 bridgehead atoms. The van der Waals surface area contributed by atoms with Crippen LogP contribution in [0.4, 0.5) is 18.9 Å². The molecule has 1 N–H and O–H groups in total. The molecular formula is C24H17ClF3N3O4S. The highest BCUT2D eigenvalue weighted by Crippen LogP contribution is 2.33. The zero-order valence-electron chi connectivity index (χ0n) is 18.3. The maximum Gasteiger partial charge on any atom is 0.416 e. The van der Waals surface area contributed by atoms with Crippen molar-refractivity contribution in [1.82, 2.24) is 9.55 Å². The van der Waals surface area contributed by atoms with Crippen molar-refractivity contribution in [2.45, 2.75) is 23.9 Å². The van der Waals surface area contributed by atoms with Crippen molar-refractivity contribution in [3.63, 3.8) is 0 Å². The summed E-state index contributed by atoms with van der Waals surface area (Å²) in [4.78, 5) is 28.0. The molecule has 0 saturated carbocycles. The van der Waals surface area contributed by atoms with Gasteiger partial charge in [0, 0.05) is 6.54 Å². The molecule has 7 nitrogen and oxygen atoms in total. The summed E-state index contributed by atoms with van der Waals surface area (Å²) in [5.41, 5.74) is -2.13. The largest absolute Gasteiger partial charge is 0.416 e. The van der Waals surface area contributed by atoms with E-state index in [0.29, 0.717) is 22.7 Å². The molecule has 1 aliphatic rings. The van der Waals surface area contributed by atoms with Gasteiger partial charge in [-0.25, -0.2) is 17.8 Å². The number of halogens is 4. The van der Waals surface area contributed by atoms with E-state index in [0.717, 1.165) is 30.2 Å². The molecule has 3 aromatic carbocycles. The molecule has 0 radical (unpaired) electrons. The van der Waals surface area contributed by atoms with Gasteiger partial charge in [0.15, 0.2) is 0 Å². The molecule has 0 unspecified atom stereocenters. The Morgan fingerprint density at radius 2 is 1.69 bits per heavy atom. The number of hydrogen-bond acceptors (Lipinski definition) is 4. The number of aromatic nitrogens is 2. The van der Waals surface area contributed by atoms with E-state index >= 15 is 0 Å². The zero-order chi connectivity index (χ0) is 25.8. The molecule has 186 valence electrons. The first-order chi connectivity index (χ1) is 17.0. The van der Waals surface area contributed by atoms with Crippen molar-refractivity contribution in [2.24, 2.45) is 0 Å². The number of hydrogen-bond donors (Lipinski definition) is 1. The Kier molecular flexibility index (Phi) is 5.72. The second-order valence-electron chi connectivity index (χ2n) is 8.25. The number of rotatable bonds is 3. The third-order valence-corrected chi connectivity index (χ3v) is 8.17. The minimum atomic E-state index is -4.67. The van der Waals surface area contributed by atoms with E-state index in [1.54, 1.807) is 12.1 Å². The third-order valence-electron chi connectivity index (χ3n) is 6.04. The summed E-state index contributed by atoms with van der Waals surface area (Å²) < 4.78 is 68.2. The summed E-state index contributed by atoms with van der Waals surface area (Å²) in [6.45, 7) is 0.245. The number of benzene rings is 3. The van der Waals surface area contributed by atoms with Crippen molar-refractivity contribution >= 4 is 38.2 Å². The predicted molar refractivity (Wildman–Crippen MR) is 129 cm³/mol. The van der Waals surface area contributed by atoms with Crippen LogP contribution in [0.15, 0.2) is 75.1 Å². The Morgan fingerprint density at radius 1 is 0.944 bits per heavy atom. The predicted octanol–water partition coefficient (Wildman–Crippen LogP) is 4.49. The fraction of sp³-hybridized carbons (Fsp3) is 0.167. The fourth-order valence-corrected chi connectivity index (χ4v) is 6.08. The molecule has 0 atom stereocenters. The number of para-hydroxylation sites is 1. The maximum absolute atomic E-state index is 13.6. The van der Waals surface area contributed by atoms with E-state index in [1.807, 2.05) is 12.1 Å². The molecule has 0 saturated heterocycles. The Balaban J connectivity index is 1.66. The van der Waals surface area contributed by atoms with Gasteiger partial charge in [-0.15, -0.1) is 0 Å². The van der Waals surface area contributed by atoms with Crippen molar-refractivity contribution in [3.05, 3.63) is 97.7 Å². The summed E-state index contributed by atoms with van der Waals surface area (Å²) in [7, 11) is -4.09. The highest BCUT2D eigenvalue weighted by atomic mass is 35.5. The topological polar surface area (TPSA) is 92.2 Å². The Hall–Kier alpha value is -3.57. The fourth-order valence-electron chi connectivity index (χ4n) is 4.31. The molecule has 1 aliphatic heterocycles. The first-order valence-corrected chi connectivity index (χ1v) is 12.6. The van der Waals surface area contributed by atoms with Crippen molar-refractivity contribution in [1.29, 1.82) is 0 Å². The number of nitrogens with zero attached hydrogens (tertiary/aromatic N) is 2. The van der Waals surface area contributed by atoms with Crippen LogP contribution in [-0.2, 0) is 22.6 Å². The monoisotopic (exact) mass is 535 g/mol. The second kappa shape index (κ2) is 8.52. The van der Waals surface area contributed by atoms with Crippen LogP contribution in [0.2, 0.25) is 5.02 Å². The Bertz CT molecular complexity index is 1750. The molecule has 2 heterocycles. The molecule has 1 aromatic heterocycles. The van der Waals surface area contributed by atoms with Crippen LogP contribution in [0.1, 0.15) is 17.5 Å². The van der Waals surface area contributed by atoms with Gasteiger partial charge in [0.25, 0.3) is 15.6 Å². The minimum absolute atomic E-state index is 0.0909. The standard InChI is InChI=1S/C24H17ClF3N3O4S/c25-18-10-8-16(36(34,35)30-11-3-5-14-4-1-2-6-20(14)30)13-21(18)31-22(32)17-9-7-15(24(26,27)28)12-19(17)29-23(31)33/h1-2,4,6-10,12-13H,3,5,11H2,(H,29,33). The summed E-state index contributed by atoms with van der Waals surface area (Å²) in [6, 6.07) is 13.1. The molecule has 0 spiro atoms. The van der Waals surface area contributed by atoms with Gasteiger partial charge >= 0.3 is 11.9 Å². The molecule has 36 heavy (non-hydrogen) atoms. The van der Waals surface area contributed by atoms with E-state index in [-0.39, 0.29) is 33.1 Å². The maximum atomic E-state index is 13.6. The lowest BCUT2D eigenvalue weighted by molar-refractivity contribution is -0.137. The van der Waals surface area contributed by atoms with E-state index in [1.165, 1.54) is 16.4 Å². The number of alkyl halides is 3. The van der Waals surface area contributed by atoms with Crippen LogP contribution in [0.3, 0.4) is 0 Å². The summed E-state index contributed by atoms with van der Waals surface area (Å²) in [5.74, 6) is 0. The van der Waals surface area contributed by atoms with Crippen LogP contribution in [0.25, 0.3) is 16.6 Å². The average Bonchev–Trinajstić information content (AvgIpc) is 2.83. The summed E-state index contributed by atoms with van der Waals surface area (Å²) >= 11 is 6.26. The van der Waals surface area contributed by atoms with Gasteiger partial charge in [0.2, 0.25) is 0 Å². The van der Waals surface area contributed by atoms with E-state index < -0.39 is 33.0 Å². The Labute approximate surface area is 207 Å². The highest BCUT2D eigenvalue weighted by molar-refractivity contribution is 7.92. The quantitative estimate of drug-likeness (QED) is 0.418. The van der Waals surface area contributed by atoms with Gasteiger partial charge in [-0.1, -0.05) is 29.8 Å². The number of fused-ring (bicyclic) bond motifs is 2. The number of nitrogens with one attached hydrogen (secondary N) is 1.